The van der Waals surface area contributed by atoms with Gasteiger partial charge in [0, 0.05) is 24.7 Å². The lowest BCUT2D eigenvalue weighted by molar-refractivity contribution is 0.365. The number of hydrogen-bond donors (Lipinski definition) is 2. The Hall–Kier alpha value is -1.69. The standard InChI is InChI=1S/C15H24N6/c1-15(2,3)20-8-11-6-4-5-7-21(11)14-12-13(17-9-16-12)18-10-19-14/h9-11,20H,4-8H2,1-3H3,(H,16,17,18,19). The van der Waals surface area contributed by atoms with Crippen molar-refractivity contribution in [3.05, 3.63) is 12.7 Å². The molecule has 1 aliphatic rings. The van der Waals surface area contributed by atoms with Crippen LogP contribution in [0.3, 0.4) is 0 Å². The van der Waals surface area contributed by atoms with Gasteiger partial charge in [-0.15, -0.1) is 0 Å². The summed E-state index contributed by atoms with van der Waals surface area (Å²) in [4.78, 5) is 18.5. The zero-order valence-electron chi connectivity index (χ0n) is 13.1. The van der Waals surface area contributed by atoms with Crippen LogP contribution in [-0.2, 0) is 0 Å². The number of aromatic amines is 1. The van der Waals surface area contributed by atoms with E-state index in [9.17, 15) is 0 Å². The van der Waals surface area contributed by atoms with Gasteiger partial charge in [0.05, 0.1) is 6.33 Å². The number of imidazole rings is 1. The Morgan fingerprint density at radius 2 is 2.14 bits per heavy atom. The van der Waals surface area contributed by atoms with E-state index in [-0.39, 0.29) is 5.54 Å². The van der Waals surface area contributed by atoms with Crippen LogP contribution in [0.4, 0.5) is 5.82 Å². The Balaban J connectivity index is 1.85. The molecule has 1 saturated heterocycles. The SMILES string of the molecule is CC(C)(C)NCC1CCCCN1c1ncnc2nc[nH]c12. The van der Waals surface area contributed by atoms with Gasteiger partial charge in [-0.3, -0.25) is 0 Å². The molecule has 3 heterocycles. The van der Waals surface area contributed by atoms with E-state index in [1.54, 1.807) is 12.7 Å². The maximum Gasteiger partial charge on any atom is 0.182 e. The van der Waals surface area contributed by atoms with Crippen LogP contribution < -0.4 is 10.2 Å². The molecule has 6 heteroatoms. The van der Waals surface area contributed by atoms with Crippen molar-refractivity contribution in [3.63, 3.8) is 0 Å². The van der Waals surface area contributed by atoms with Crippen LogP contribution in [0.5, 0.6) is 0 Å². The summed E-state index contributed by atoms with van der Waals surface area (Å²) in [6, 6.07) is 0.472. The van der Waals surface area contributed by atoms with Crippen LogP contribution >= 0.6 is 0 Å². The first-order valence-corrected chi connectivity index (χ1v) is 7.70. The summed E-state index contributed by atoms with van der Waals surface area (Å²) in [5.74, 6) is 0.984. The van der Waals surface area contributed by atoms with E-state index in [2.05, 4.69) is 50.9 Å². The van der Waals surface area contributed by atoms with E-state index in [0.29, 0.717) is 6.04 Å². The molecule has 1 unspecified atom stereocenters. The third-order valence-electron chi connectivity index (χ3n) is 3.97. The summed E-state index contributed by atoms with van der Waals surface area (Å²) < 4.78 is 0. The highest BCUT2D eigenvalue weighted by Gasteiger charge is 2.26. The topological polar surface area (TPSA) is 69.7 Å². The fourth-order valence-electron chi connectivity index (χ4n) is 2.89. The van der Waals surface area contributed by atoms with Crippen molar-refractivity contribution < 1.29 is 0 Å². The fraction of sp³-hybridized carbons (Fsp3) is 0.667. The molecule has 0 radical (unpaired) electrons. The van der Waals surface area contributed by atoms with Crippen molar-refractivity contribution in [2.24, 2.45) is 0 Å². The van der Waals surface area contributed by atoms with E-state index in [1.807, 2.05) is 0 Å². The maximum atomic E-state index is 4.51. The minimum absolute atomic E-state index is 0.137. The van der Waals surface area contributed by atoms with Gasteiger partial charge in [-0.25, -0.2) is 15.0 Å². The van der Waals surface area contributed by atoms with Crippen molar-refractivity contribution in [2.75, 3.05) is 18.0 Å². The van der Waals surface area contributed by atoms with Crippen molar-refractivity contribution in [1.82, 2.24) is 25.3 Å². The van der Waals surface area contributed by atoms with E-state index < -0.39 is 0 Å². The molecular weight excluding hydrogens is 264 g/mol. The van der Waals surface area contributed by atoms with Crippen LogP contribution in [0.25, 0.3) is 11.2 Å². The number of fused-ring (bicyclic) bond motifs is 1. The predicted molar refractivity (Wildman–Crippen MR) is 84.4 cm³/mol. The predicted octanol–water partition coefficient (Wildman–Crippen LogP) is 2.10. The lowest BCUT2D eigenvalue weighted by Crippen LogP contribution is -2.50. The lowest BCUT2D eigenvalue weighted by atomic mass is 10.0. The number of nitrogens with zero attached hydrogens (tertiary/aromatic N) is 4. The fourth-order valence-corrected chi connectivity index (χ4v) is 2.89. The summed E-state index contributed by atoms with van der Waals surface area (Å²) in [6.45, 7) is 8.64. The highest BCUT2D eigenvalue weighted by molar-refractivity contribution is 5.82. The first-order valence-electron chi connectivity index (χ1n) is 7.70. The van der Waals surface area contributed by atoms with Crippen molar-refractivity contribution >= 4 is 17.0 Å². The normalized spacial score (nSPS) is 20.1. The third-order valence-corrected chi connectivity index (χ3v) is 3.97. The Morgan fingerprint density at radius 1 is 1.29 bits per heavy atom. The Bertz CT molecular complexity index is 599. The quantitative estimate of drug-likeness (QED) is 0.905. The highest BCUT2D eigenvalue weighted by atomic mass is 15.3. The van der Waals surface area contributed by atoms with Gasteiger partial charge in [0.1, 0.15) is 11.8 Å². The number of rotatable bonds is 3. The molecule has 2 aromatic heterocycles. The van der Waals surface area contributed by atoms with Crippen LogP contribution in [0.1, 0.15) is 40.0 Å². The molecule has 2 aromatic rings. The molecule has 0 aromatic carbocycles. The second-order valence-corrected chi connectivity index (χ2v) is 6.77. The van der Waals surface area contributed by atoms with E-state index >= 15 is 0 Å². The number of piperidine rings is 1. The van der Waals surface area contributed by atoms with E-state index in [4.69, 9.17) is 0 Å². The van der Waals surface area contributed by atoms with Crippen molar-refractivity contribution in [2.45, 2.75) is 51.6 Å². The zero-order valence-corrected chi connectivity index (χ0v) is 13.1. The first-order chi connectivity index (χ1) is 10.0. The number of H-pyrrole nitrogens is 1. The molecule has 21 heavy (non-hydrogen) atoms. The van der Waals surface area contributed by atoms with Gasteiger partial charge in [0.15, 0.2) is 11.5 Å². The molecule has 0 aliphatic carbocycles. The van der Waals surface area contributed by atoms with E-state index in [1.165, 1.54) is 19.3 Å². The van der Waals surface area contributed by atoms with Gasteiger partial charge in [-0.2, -0.15) is 0 Å². The molecule has 1 aliphatic heterocycles. The molecule has 3 rings (SSSR count). The molecule has 1 fully saturated rings. The van der Waals surface area contributed by atoms with Gasteiger partial charge < -0.3 is 15.2 Å². The van der Waals surface area contributed by atoms with Gasteiger partial charge in [0.2, 0.25) is 0 Å². The number of hydrogen-bond acceptors (Lipinski definition) is 5. The average molecular weight is 288 g/mol. The van der Waals surface area contributed by atoms with Crippen molar-refractivity contribution in [1.29, 1.82) is 0 Å². The average Bonchev–Trinajstić information content (AvgIpc) is 2.93. The Labute approximate surface area is 125 Å². The first kappa shape index (κ1) is 14.3. The van der Waals surface area contributed by atoms with Gasteiger partial charge in [0.25, 0.3) is 0 Å². The summed E-state index contributed by atoms with van der Waals surface area (Å²) in [7, 11) is 0. The molecule has 0 spiro atoms. The minimum Gasteiger partial charge on any atom is -0.350 e. The lowest BCUT2D eigenvalue weighted by Gasteiger charge is -2.38. The minimum atomic E-state index is 0.137. The van der Waals surface area contributed by atoms with Gasteiger partial charge >= 0.3 is 0 Å². The number of anilines is 1. The smallest absolute Gasteiger partial charge is 0.182 e. The van der Waals surface area contributed by atoms with Crippen LogP contribution in [0.15, 0.2) is 12.7 Å². The number of nitrogens with one attached hydrogen (secondary N) is 2. The monoisotopic (exact) mass is 288 g/mol. The molecule has 0 saturated carbocycles. The third kappa shape index (κ3) is 3.15. The molecular formula is C15H24N6. The van der Waals surface area contributed by atoms with Gasteiger partial charge in [-0.05, 0) is 40.0 Å². The summed E-state index contributed by atoms with van der Waals surface area (Å²) in [5.41, 5.74) is 1.83. The largest absolute Gasteiger partial charge is 0.350 e. The van der Waals surface area contributed by atoms with Crippen LogP contribution in [0.2, 0.25) is 0 Å². The van der Waals surface area contributed by atoms with E-state index in [0.717, 1.165) is 30.1 Å². The zero-order chi connectivity index (χ0) is 14.9. The second kappa shape index (κ2) is 5.60. The van der Waals surface area contributed by atoms with Crippen LogP contribution in [0, 0.1) is 0 Å². The van der Waals surface area contributed by atoms with Gasteiger partial charge in [-0.1, -0.05) is 0 Å². The molecule has 0 amide bonds. The number of aromatic nitrogens is 4. The molecule has 0 bridgehead atoms. The maximum absolute atomic E-state index is 4.51. The second-order valence-electron chi connectivity index (χ2n) is 6.77. The summed E-state index contributed by atoms with van der Waals surface area (Å²) in [6.07, 6.45) is 7.00. The van der Waals surface area contributed by atoms with Crippen LogP contribution in [-0.4, -0.2) is 44.6 Å². The Morgan fingerprint density at radius 3 is 2.95 bits per heavy atom. The molecule has 6 nitrogen and oxygen atoms in total. The Kier molecular flexibility index (Phi) is 3.80. The molecule has 1 atom stereocenters. The summed E-state index contributed by atoms with van der Waals surface area (Å²) >= 11 is 0. The van der Waals surface area contributed by atoms with Crippen molar-refractivity contribution in [3.8, 4) is 0 Å². The molecule has 114 valence electrons. The molecule has 2 N–H and O–H groups in total. The highest BCUT2D eigenvalue weighted by Crippen LogP contribution is 2.27. The summed E-state index contributed by atoms with van der Waals surface area (Å²) in [5, 5.41) is 3.62.